The third-order valence-corrected chi connectivity index (χ3v) is 4.49. The van der Waals surface area contributed by atoms with E-state index in [4.69, 9.17) is 4.74 Å². The number of benzene rings is 2. The van der Waals surface area contributed by atoms with Gasteiger partial charge in [-0.3, -0.25) is 9.69 Å². The van der Waals surface area contributed by atoms with E-state index in [9.17, 15) is 4.79 Å². The van der Waals surface area contributed by atoms with E-state index in [1.807, 2.05) is 6.07 Å². The normalized spacial score (nSPS) is 14.1. The highest BCUT2D eigenvalue weighted by Gasteiger charge is 2.19. The zero-order valence-electron chi connectivity index (χ0n) is 14.3. The van der Waals surface area contributed by atoms with Gasteiger partial charge in [-0.25, -0.2) is 0 Å². The number of fused-ring (bicyclic) bond motifs is 1. The average Bonchev–Trinajstić information content (AvgIpc) is 2.60. The van der Waals surface area contributed by atoms with Crippen LogP contribution in [0.2, 0.25) is 0 Å². The first-order valence-electron chi connectivity index (χ1n) is 8.35. The predicted molar refractivity (Wildman–Crippen MR) is 94.8 cm³/mol. The Balaban J connectivity index is 1.62. The van der Waals surface area contributed by atoms with Crippen LogP contribution < -0.4 is 10.1 Å². The van der Waals surface area contributed by atoms with Crippen molar-refractivity contribution in [2.24, 2.45) is 0 Å². The summed E-state index contributed by atoms with van der Waals surface area (Å²) in [6.45, 7) is 5.07. The molecular formula is C20H24N2O2. The molecular weight excluding hydrogens is 300 g/mol. The summed E-state index contributed by atoms with van der Waals surface area (Å²) in [6.07, 6.45) is 1.03. The molecule has 1 amide bonds. The van der Waals surface area contributed by atoms with Crippen molar-refractivity contribution in [3.8, 4) is 5.75 Å². The second-order valence-electron chi connectivity index (χ2n) is 6.28. The molecule has 0 fully saturated rings. The standard InChI is InChI=1S/C20H24N2O2/c1-15(23)21-12-16-6-8-17(9-7-16)13-22-11-10-19-18(14-22)4-3-5-20(19)24-2/h3-9H,10-14H2,1-2H3,(H,21,23). The van der Waals surface area contributed by atoms with Crippen LogP contribution in [0.1, 0.15) is 29.2 Å². The number of carbonyl (C=O) groups excluding carboxylic acids is 1. The third-order valence-electron chi connectivity index (χ3n) is 4.49. The lowest BCUT2D eigenvalue weighted by molar-refractivity contribution is -0.119. The van der Waals surface area contributed by atoms with Crippen molar-refractivity contribution >= 4 is 5.91 Å². The molecule has 0 bridgehead atoms. The molecule has 0 radical (unpaired) electrons. The fraction of sp³-hybridized carbons (Fsp3) is 0.350. The number of amides is 1. The Morgan fingerprint density at radius 2 is 1.92 bits per heavy atom. The van der Waals surface area contributed by atoms with Crippen molar-refractivity contribution in [3.63, 3.8) is 0 Å². The predicted octanol–water partition coefficient (Wildman–Crippen LogP) is 2.89. The highest BCUT2D eigenvalue weighted by atomic mass is 16.5. The monoisotopic (exact) mass is 324 g/mol. The molecule has 0 atom stereocenters. The van der Waals surface area contributed by atoms with Crippen LogP contribution in [0.25, 0.3) is 0 Å². The molecule has 1 aliphatic rings. The van der Waals surface area contributed by atoms with Gasteiger partial charge in [0.05, 0.1) is 7.11 Å². The highest BCUT2D eigenvalue weighted by molar-refractivity contribution is 5.72. The molecule has 0 spiro atoms. The van der Waals surface area contributed by atoms with Crippen LogP contribution in [0.4, 0.5) is 0 Å². The molecule has 1 N–H and O–H groups in total. The van der Waals surface area contributed by atoms with Gasteiger partial charge in [-0.15, -0.1) is 0 Å². The minimum absolute atomic E-state index is 0.00138. The van der Waals surface area contributed by atoms with E-state index < -0.39 is 0 Å². The second kappa shape index (κ2) is 7.49. The Kier molecular flexibility index (Phi) is 5.16. The lowest BCUT2D eigenvalue weighted by Crippen LogP contribution is -2.30. The highest BCUT2D eigenvalue weighted by Crippen LogP contribution is 2.28. The van der Waals surface area contributed by atoms with E-state index in [1.54, 1.807) is 7.11 Å². The molecule has 0 aromatic heterocycles. The van der Waals surface area contributed by atoms with Crippen molar-refractivity contribution < 1.29 is 9.53 Å². The number of nitrogens with one attached hydrogen (secondary N) is 1. The van der Waals surface area contributed by atoms with Crippen LogP contribution in [-0.2, 0) is 30.8 Å². The van der Waals surface area contributed by atoms with Crippen molar-refractivity contribution in [2.75, 3.05) is 13.7 Å². The molecule has 2 aromatic rings. The molecule has 0 unspecified atom stereocenters. The van der Waals surface area contributed by atoms with Crippen LogP contribution in [0.5, 0.6) is 5.75 Å². The Bertz CT molecular complexity index is 710. The number of hydrogen-bond acceptors (Lipinski definition) is 3. The number of methoxy groups -OCH3 is 1. The van der Waals surface area contributed by atoms with Crippen LogP contribution >= 0.6 is 0 Å². The molecule has 1 aliphatic heterocycles. The minimum Gasteiger partial charge on any atom is -0.496 e. The SMILES string of the molecule is COc1cccc2c1CCN(Cc1ccc(CNC(C)=O)cc1)C2. The van der Waals surface area contributed by atoms with Crippen LogP contribution in [0, 0.1) is 0 Å². The van der Waals surface area contributed by atoms with Gasteiger partial charge in [-0.1, -0.05) is 36.4 Å². The fourth-order valence-electron chi connectivity index (χ4n) is 3.21. The number of hydrogen-bond donors (Lipinski definition) is 1. The van der Waals surface area contributed by atoms with Gasteiger partial charge in [-0.2, -0.15) is 0 Å². The summed E-state index contributed by atoms with van der Waals surface area (Å²) in [7, 11) is 1.74. The average molecular weight is 324 g/mol. The Hall–Kier alpha value is -2.33. The Morgan fingerprint density at radius 3 is 2.62 bits per heavy atom. The van der Waals surface area contributed by atoms with Gasteiger partial charge in [0, 0.05) is 33.1 Å². The number of carbonyl (C=O) groups is 1. The first kappa shape index (κ1) is 16.5. The third kappa shape index (κ3) is 3.95. The van der Waals surface area contributed by atoms with Crippen LogP contribution in [0.15, 0.2) is 42.5 Å². The zero-order chi connectivity index (χ0) is 16.9. The first-order valence-corrected chi connectivity index (χ1v) is 8.35. The van der Waals surface area contributed by atoms with Crippen molar-refractivity contribution in [1.29, 1.82) is 0 Å². The first-order chi connectivity index (χ1) is 11.7. The minimum atomic E-state index is 0.00138. The van der Waals surface area contributed by atoms with Gasteiger partial charge in [0.1, 0.15) is 5.75 Å². The molecule has 2 aromatic carbocycles. The molecule has 3 rings (SSSR count). The second-order valence-corrected chi connectivity index (χ2v) is 6.28. The summed E-state index contributed by atoms with van der Waals surface area (Å²) >= 11 is 0. The maximum Gasteiger partial charge on any atom is 0.217 e. The summed E-state index contributed by atoms with van der Waals surface area (Å²) in [5, 5.41) is 2.82. The van der Waals surface area contributed by atoms with Gasteiger partial charge in [0.2, 0.25) is 5.91 Å². The number of rotatable bonds is 5. The summed E-state index contributed by atoms with van der Waals surface area (Å²) in [4.78, 5) is 13.4. The lowest BCUT2D eigenvalue weighted by atomic mass is 9.98. The lowest BCUT2D eigenvalue weighted by Gasteiger charge is -2.29. The number of ether oxygens (including phenoxy) is 1. The Morgan fingerprint density at radius 1 is 1.17 bits per heavy atom. The molecule has 24 heavy (non-hydrogen) atoms. The molecule has 0 aliphatic carbocycles. The maximum absolute atomic E-state index is 11.0. The molecule has 0 saturated carbocycles. The quantitative estimate of drug-likeness (QED) is 0.919. The molecule has 1 heterocycles. The smallest absolute Gasteiger partial charge is 0.217 e. The van der Waals surface area contributed by atoms with Gasteiger partial charge in [-0.05, 0) is 34.7 Å². The molecule has 4 heteroatoms. The summed E-state index contributed by atoms with van der Waals surface area (Å²) < 4.78 is 5.47. The van der Waals surface area contributed by atoms with E-state index in [-0.39, 0.29) is 5.91 Å². The van der Waals surface area contributed by atoms with E-state index in [2.05, 4.69) is 46.6 Å². The molecule has 4 nitrogen and oxygen atoms in total. The van der Waals surface area contributed by atoms with E-state index >= 15 is 0 Å². The Labute approximate surface area is 143 Å². The van der Waals surface area contributed by atoms with Crippen molar-refractivity contribution in [3.05, 3.63) is 64.7 Å². The summed E-state index contributed by atoms with van der Waals surface area (Å²) in [5.41, 5.74) is 5.14. The van der Waals surface area contributed by atoms with Gasteiger partial charge < -0.3 is 10.1 Å². The van der Waals surface area contributed by atoms with Crippen molar-refractivity contribution in [2.45, 2.75) is 33.0 Å². The van der Waals surface area contributed by atoms with Gasteiger partial charge >= 0.3 is 0 Å². The van der Waals surface area contributed by atoms with E-state index in [0.29, 0.717) is 6.54 Å². The largest absolute Gasteiger partial charge is 0.496 e. The van der Waals surface area contributed by atoms with Gasteiger partial charge in [0.15, 0.2) is 0 Å². The van der Waals surface area contributed by atoms with Crippen LogP contribution in [0.3, 0.4) is 0 Å². The molecule has 126 valence electrons. The van der Waals surface area contributed by atoms with Crippen LogP contribution in [-0.4, -0.2) is 24.5 Å². The topological polar surface area (TPSA) is 41.6 Å². The summed E-state index contributed by atoms with van der Waals surface area (Å²) in [6, 6.07) is 14.8. The fourth-order valence-corrected chi connectivity index (χ4v) is 3.21. The van der Waals surface area contributed by atoms with E-state index in [0.717, 1.165) is 37.4 Å². The zero-order valence-corrected chi connectivity index (χ0v) is 14.3. The van der Waals surface area contributed by atoms with Gasteiger partial charge in [0.25, 0.3) is 0 Å². The number of nitrogens with zero attached hydrogens (tertiary/aromatic N) is 1. The van der Waals surface area contributed by atoms with Crippen molar-refractivity contribution in [1.82, 2.24) is 10.2 Å². The van der Waals surface area contributed by atoms with E-state index in [1.165, 1.54) is 23.6 Å². The maximum atomic E-state index is 11.0. The summed E-state index contributed by atoms with van der Waals surface area (Å²) in [5.74, 6) is 1.01. The molecule has 0 saturated heterocycles.